The molecule has 0 spiro atoms. The Bertz CT molecular complexity index is 1100. The van der Waals surface area contributed by atoms with Crippen molar-refractivity contribution in [1.82, 2.24) is 9.78 Å². The van der Waals surface area contributed by atoms with Crippen LogP contribution in [0.15, 0.2) is 48.5 Å². The van der Waals surface area contributed by atoms with Crippen LogP contribution in [0, 0.1) is 18.3 Å². The Morgan fingerprint density at radius 3 is 2.64 bits per heavy atom. The van der Waals surface area contributed by atoms with E-state index in [1.165, 1.54) is 18.2 Å². The number of aryl methyl sites for hydroxylation is 1. The number of alkyl halides is 3. The van der Waals surface area contributed by atoms with Gasteiger partial charge in [0.05, 0.1) is 33.6 Å². The van der Waals surface area contributed by atoms with Crippen molar-refractivity contribution in [1.29, 1.82) is 5.26 Å². The average Bonchev–Trinajstić information content (AvgIpc) is 3.01. The van der Waals surface area contributed by atoms with Gasteiger partial charge in [-0.2, -0.15) is 23.5 Å². The Morgan fingerprint density at radius 1 is 1.21 bits per heavy atom. The van der Waals surface area contributed by atoms with Gasteiger partial charge < -0.3 is 5.32 Å². The van der Waals surface area contributed by atoms with Crippen molar-refractivity contribution in [3.63, 3.8) is 0 Å². The minimum atomic E-state index is -4.55. The van der Waals surface area contributed by atoms with Gasteiger partial charge in [0.25, 0.3) is 5.91 Å². The Labute approximate surface area is 163 Å². The minimum Gasteiger partial charge on any atom is -0.306 e. The van der Waals surface area contributed by atoms with Crippen molar-refractivity contribution in [2.75, 3.05) is 5.32 Å². The standard InChI is InChI=1S/C19H12ClF3N4O/c1-11-7-17(25-18(28)13-4-2-3-12(8-13)10-24)27(26-11)16-9-14(19(21,22)23)5-6-15(16)20/h2-9H,1H3,(H,25,28). The molecule has 1 amide bonds. The van der Waals surface area contributed by atoms with Crippen LogP contribution in [-0.4, -0.2) is 15.7 Å². The van der Waals surface area contributed by atoms with Gasteiger partial charge in [0.1, 0.15) is 5.82 Å². The number of aromatic nitrogens is 2. The number of hydrogen-bond acceptors (Lipinski definition) is 3. The molecule has 1 heterocycles. The Balaban J connectivity index is 2.01. The second-order valence-electron chi connectivity index (χ2n) is 5.89. The second kappa shape index (κ2) is 7.37. The molecule has 3 aromatic rings. The molecule has 0 atom stereocenters. The molecule has 9 heteroatoms. The van der Waals surface area contributed by atoms with E-state index in [1.807, 2.05) is 6.07 Å². The zero-order chi connectivity index (χ0) is 20.5. The molecule has 0 saturated heterocycles. The predicted molar refractivity (Wildman–Crippen MR) is 97.4 cm³/mol. The summed E-state index contributed by atoms with van der Waals surface area (Å²) in [5.41, 5.74) is 0.0807. The SMILES string of the molecule is Cc1cc(NC(=O)c2cccc(C#N)c2)n(-c2cc(C(F)(F)F)ccc2Cl)n1. The first kappa shape index (κ1) is 19.5. The molecule has 0 saturated carbocycles. The monoisotopic (exact) mass is 404 g/mol. The highest BCUT2D eigenvalue weighted by Gasteiger charge is 2.31. The second-order valence-corrected chi connectivity index (χ2v) is 6.30. The smallest absolute Gasteiger partial charge is 0.306 e. The molecule has 0 aliphatic carbocycles. The van der Waals surface area contributed by atoms with E-state index < -0.39 is 17.6 Å². The lowest BCUT2D eigenvalue weighted by molar-refractivity contribution is -0.137. The van der Waals surface area contributed by atoms with Gasteiger partial charge >= 0.3 is 6.18 Å². The lowest BCUT2D eigenvalue weighted by Crippen LogP contribution is -2.16. The number of nitriles is 1. The number of amides is 1. The third kappa shape index (κ3) is 4.00. The molecule has 142 valence electrons. The molecule has 0 aliphatic rings. The van der Waals surface area contributed by atoms with E-state index in [1.54, 1.807) is 19.1 Å². The molecule has 28 heavy (non-hydrogen) atoms. The summed E-state index contributed by atoms with van der Waals surface area (Å²) >= 11 is 6.08. The highest BCUT2D eigenvalue weighted by molar-refractivity contribution is 6.32. The van der Waals surface area contributed by atoms with Crippen LogP contribution in [0.25, 0.3) is 5.69 Å². The van der Waals surface area contributed by atoms with Crippen molar-refractivity contribution in [2.45, 2.75) is 13.1 Å². The quantitative estimate of drug-likeness (QED) is 0.669. The number of anilines is 1. The van der Waals surface area contributed by atoms with Crippen LogP contribution < -0.4 is 5.32 Å². The number of hydrogen-bond donors (Lipinski definition) is 1. The van der Waals surface area contributed by atoms with Gasteiger partial charge in [0.2, 0.25) is 0 Å². The van der Waals surface area contributed by atoms with Gasteiger partial charge in [-0.3, -0.25) is 4.79 Å². The van der Waals surface area contributed by atoms with Crippen LogP contribution in [0.4, 0.5) is 19.0 Å². The number of nitrogens with zero attached hydrogens (tertiary/aromatic N) is 3. The van der Waals surface area contributed by atoms with E-state index in [4.69, 9.17) is 16.9 Å². The van der Waals surface area contributed by atoms with Gasteiger partial charge in [-0.25, -0.2) is 4.68 Å². The topological polar surface area (TPSA) is 70.7 Å². The normalized spacial score (nSPS) is 11.1. The number of benzene rings is 2. The van der Waals surface area contributed by atoms with Crippen molar-refractivity contribution >= 4 is 23.3 Å². The summed E-state index contributed by atoms with van der Waals surface area (Å²) in [6.07, 6.45) is -4.55. The molecule has 0 bridgehead atoms. The maximum Gasteiger partial charge on any atom is 0.416 e. The van der Waals surface area contributed by atoms with E-state index in [9.17, 15) is 18.0 Å². The number of carbonyl (C=O) groups excluding carboxylic acids is 1. The molecule has 1 aromatic heterocycles. The van der Waals surface area contributed by atoms with E-state index >= 15 is 0 Å². The molecule has 0 radical (unpaired) electrons. The molecule has 0 aliphatic heterocycles. The minimum absolute atomic E-state index is 0.0225. The molecule has 2 aromatic carbocycles. The van der Waals surface area contributed by atoms with Crippen molar-refractivity contribution < 1.29 is 18.0 Å². The maximum atomic E-state index is 13.1. The van der Waals surface area contributed by atoms with Crippen molar-refractivity contribution in [3.8, 4) is 11.8 Å². The number of halogens is 4. The van der Waals surface area contributed by atoms with Crippen LogP contribution in [0.3, 0.4) is 0 Å². The first-order chi connectivity index (χ1) is 13.2. The van der Waals surface area contributed by atoms with Crippen molar-refractivity contribution in [3.05, 3.63) is 75.9 Å². The highest BCUT2D eigenvalue weighted by Crippen LogP contribution is 2.34. The van der Waals surface area contributed by atoms with Gasteiger partial charge in [0.15, 0.2) is 0 Å². The van der Waals surface area contributed by atoms with Crippen LogP contribution in [0.1, 0.15) is 27.2 Å². The fourth-order valence-corrected chi connectivity index (χ4v) is 2.74. The average molecular weight is 405 g/mol. The number of rotatable bonds is 3. The molecule has 0 fully saturated rings. The zero-order valence-corrected chi connectivity index (χ0v) is 15.1. The Morgan fingerprint density at radius 2 is 1.96 bits per heavy atom. The van der Waals surface area contributed by atoms with E-state index in [0.717, 1.165) is 22.9 Å². The van der Waals surface area contributed by atoms with E-state index in [0.29, 0.717) is 11.3 Å². The zero-order valence-electron chi connectivity index (χ0n) is 14.4. The first-order valence-corrected chi connectivity index (χ1v) is 8.32. The summed E-state index contributed by atoms with van der Waals surface area (Å²) in [7, 11) is 0. The fourth-order valence-electron chi connectivity index (χ4n) is 2.54. The lowest BCUT2D eigenvalue weighted by atomic mass is 10.1. The molecular formula is C19H12ClF3N4O. The van der Waals surface area contributed by atoms with Gasteiger partial charge in [-0.05, 0) is 43.3 Å². The first-order valence-electron chi connectivity index (χ1n) is 7.94. The van der Waals surface area contributed by atoms with E-state index in [-0.39, 0.29) is 22.1 Å². The summed E-state index contributed by atoms with van der Waals surface area (Å²) in [5.74, 6) is -0.396. The lowest BCUT2D eigenvalue weighted by Gasteiger charge is -2.13. The molecule has 5 nitrogen and oxygen atoms in total. The summed E-state index contributed by atoms with van der Waals surface area (Å²) in [6, 6.07) is 12.3. The van der Waals surface area contributed by atoms with Crippen LogP contribution in [-0.2, 0) is 6.18 Å². The van der Waals surface area contributed by atoms with Gasteiger partial charge in [-0.1, -0.05) is 17.7 Å². The molecule has 1 N–H and O–H groups in total. The predicted octanol–water partition coefficient (Wildman–Crippen LogP) is 4.98. The third-order valence-electron chi connectivity index (χ3n) is 3.83. The summed E-state index contributed by atoms with van der Waals surface area (Å²) in [5, 5.41) is 15.7. The molecule has 3 rings (SSSR count). The van der Waals surface area contributed by atoms with Gasteiger partial charge in [0, 0.05) is 11.6 Å². The Hall–Kier alpha value is -3.31. The highest BCUT2D eigenvalue weighted by atomic mass is 35.5. The van der Waals surface area contributed by atoms with Gasteiger partial charge in [-0.15, -0.1) is 0 Å². The number of carbonyl (C=O) groups is 1. The largest absolute Gasteiger partial charge is 0.416 e. The van der Waals surface area contributed by atoms with Crippen LogP contribution in [0.2, 0.25) is 5.02 Å². The summed E-state index contributed by atoms with van der Waals surface area (Å²) in [6.45, 7) is 1.63. The molecule has 0 unspecified atom stereocenters. The summed E-state index contributed by atoms with van der Waals surface area (Å²) in [4.78, 5) is 12.5. The Kier molecular flexibility index (Phi) is 5.12. The maximum absolute atomic E-state index is 13.1. The molecular weight excluding hydrogens is 393 g/mol. The number of nitrogens with one attached hydrogen (secondary N) is 1. The van der Waals surface area contributed by atoms with Crippen LogP contribution >= 0.6 is 11.6 Å². The third-order valence-corrected chi connectivity index (χ3v) is 4.15. The fraction of sp³-hybridized carbons (Fsp3) is 0.105. The summed E-state index contributed by atoms with van der Waals surface area (Å²) < 4.78 is 40.3. The van der Waals surface area contributed by atoms with Crippen LogP contribution in [0.5, 0.6) is 0 Å². The van der Waals surface area contributed by atoms with E-state index in [2.05, 4.69) is 10.4 Å². The van der Waals surface area contributed by atoms with Crippen molar-refractivity contribution in [2.24, 2.45) is 0 Å².